The Labute approximate surface area is 85.4 Å². The summed E-state index contributed by atoms with van der Waals surface area (Å²) >= 11 is 0. The Hall–Kier alpha value is -0.570. The van der Waals surface area contributed by atoms with E-state index >= 15 is 0 Å². The standard InChI is InChI=1S/C11H19NO2/c1-14-11(13)9-5-4-8-12-7-3-2-6-10(9)12/h9-10H,2-8H2,1H3/t9-,10-/m1/s1. The first-order chi connectivity index (χ1) is 6.83. The van der Waals surface area contributed by atoms with Crippen molar-refractivity contribution in [3.63, 3.8) is 0 Å². The molecule has 3 heteroatoms. The molecule has 0 aliphatic carbocycles. The third-order valence-corrected chi connectivity index (χ3v) is 3.59. The highest BCUT2D eigenvalue weighted by molar-refractivity contribution is 5.73. The van der Waals surface area contributed by atoms with Crippen LogP contribution in [0, 0.1) is 5.92 Å². The van der Waals surface area contributed by atoms with E-state index in [2.05, 4.69) is 4.90 Å². The Morgan fingerprint density at radius 3 is 2.79 bits per heavy atom. The molecule has 2 rings (SSSR count). The van der Waals surface area contributed by atoms with Gasteiger partial charge in [0.25, 0.3) is 0 Å². The molecular weight excluding hydrogens is 178 g/mol. The number of esters is 1. The number of methoxy groups -OCH3 is 1. The van der Waals surface area contributed by atoms with Gasteiger partial charge in [0.2, 0.25) is 0 Å². The van der Waals surface area contributed by atoms with Crippen molar-refractivity contribution in [3.8, 4) is 0 Å². The molecule has 2 aliphatic heterocycles. The summed E-state index contributed by atoms with van der Waals surface area (Å²) in [4.78, 5) is 14.1. The van der Waals surface area contributed by atoms with Crippen LogP contribution < -0.4 is 0 Å². The molecule has 2 heterocycles. The lowest BCUT2D eigenvalue weighted by Gasteiger charge is -2.43. The number of nitrogens with zero attached hydrogens (tertiary/aromatic N) is 1. The molecule has 0 bridgehead atoms. The van der Waals surface area contributed by atoms with Crippen molar-refractivity contribution in [2.45, 2.75) is 38.1 Å². The van der Waals surface area contributed by atoms with E-state index in [-0.39, 0.29) is 11.9 Å². The van der Waals surface area contributed by atoms with E-state index in [1.807, 2.05) is 0 Å². The maximum absolute atomic E-state index is 11.6. The largest absolute Gasteiger partial charge is 0.469 e. The number of fused-ring (bicyclic) bond motifs is 1. The molecule has 14 heavy (non-hydrogen) atoms. The molecule has 2 saturated heterocycles. The van der Waals surface area contributed by atoms with Crippen molar-refractivity contribution in [2.24, 2.45) is 5.92 Å². The highest BCUT2D eigenvalue weighted by Gasteiger charge is 2.37. The van der Waals surface area contributed by atoms with Crippen LogP contribution in [0.25, 0.3) is 0 Å². The first-order valence-corrected chi connectivity index (χ1v) is 5.65. The van der Waals surface area contributed by atoms with Gasteiger partial charge < -0.3 is 4.74 Å². The topological polar surface area (TPSA) is 29.5 Å². The summed E-state index contributed by atoms with van der Waals surface area (Å²) in [6.45, 7) is 2.36. The van der Waals surface area contributed by atoms with Gasteiger partial charge in [0, 0.05) is 6.04 Å². The lowest BCUT2D eigenvalue weighted by atomic mass is 9.83. The first kappa shape index (κ1) is 9.97. The molecule has 2 fully saturated rings. The van der Waals surface area contributed by atoms with Crippen LogP contribution in [0.2, 0.25) is 0 Å². The molecule has 2 aliphatic rings. The van der Waals surface area contributed by atoms with Crippen LogP contribution in [-0.2, 0) is 9.53 Å². The minimum atomic E-state index is 0.00148. The summed E-state index contributed by atoms with van der Waals surface area (Å²) in [5, 5.41) is 0. The summed E-state index contributed by atoms with van der Waals surface area (Å²) in [7, 11) is 1.50. The van der Waals surface area contributed by atoms with Gasteiger partial charge in [-0.3, -0.25) is 9.69 Å². The number of piperidine rings is 2. The second-order valence-electron chi connectivity index (χ2n) is 4.37. The SMILES string of the molecule is COC(=O)[C@@H]1CCCN2CCCC[C@H]12. The molecule has 0 unspecified atom stereocenters. The van der Waals surface area contributed by atoms with Gasteiger partial charge in [-0.2, -0.15) is 0 Å². The van der Waals surface area contributed by atoms with Crippen LogP contribution in [0.1, 0.15) is 32.1 Å². The van der Waals surface area contributed by atoms with Gasteiger partial charge in [-0.15, -0.1) is 0 Å². The number of hydrogen-bond acceptors (Lipinski definition) is 3. The van der Waals surface area contributed by atoms with Gasteiger partial charge in [0.05, 0.1) is 13.0 Å². The monoisotopic (exact) mass is 197 g/mol. The molecule has 0 radical (unpaired) electrons. The second kappa shape index (κ2) is 4.30. The van der Waals surface area contributed by atoms with Crippen molar-refractivity contribution in [1.82, 2.24) is 4.90 Å². The first-order valence-electron chi connectivity index (χ1n) is 5.65. The molecule has 2 atom stereocenters. The van der Waals surface area contributed by atoms with Crippen LogP contribution >= 0.6 is 0 Å². The second-order valence-corrected chi connectivity index (χ2v) is 4.37. The maximum Gasteiger partial charge on any atom is 0.310 e. The summed E-state index contributed by atoms with van der Waals surface area (Å²) in [5.74, 6) is 0.149. The molecule has 0 spiro atoms. The highest BCUT2D eigenvalue weighted by atomic mass is 16.5. The average molecular weight is 197 g/mol. The van der Waals surface area contributed by atoms with E-state index in [1.165, 1.54) is 39.5 Å². The van der Waals surface area contributed by atoms with Crippen molar-refractivity contribution in [1.29, 1.82) is 0 Å². The fourth-order valence-corrected chi connectivity index (χ4v) is 2.88. The van der Waals surface area contributed by atoms with Crippen LogP contribution in [0.4, 0.5) is 0 Å². The van der Waals surface area contributed by atoms with Gasteiger partial charge in [-0.05, 0) is 38.8 Å². The minimum Gasteiger partial charge on any atom is -0.469 e. The molecule has 0 N–H and O–H groups in total. The maximum atomic E-state index is 11.6. The quantitative estimate of drug-likeness (QED) is 0.595. The normalized spacial score (nSPS) is 33.5. The Morgan fingerprint density at radius 2 is 2.00 bits per heavy atom. The zero-order chi connectivity index (χ0) is 9.97. The van der Waals surface area contributed by atoms with Gasteiger partial charge >= 0.3 is 5.97 Å². The number of ether oxygens (including phenoxy) is 1. The van der Waals surface area contributed by atoms with Gasteiger partial charge in [-0.1, -0.05) is 6.42 Å². The van der Waals surface area contributed by atoms with E-state index in [0.29, 0.717) is 6.04 Å². The Kier molecular flexibility index (Phi) is 3.06. The molecule has 0 aromatic rings. The molecular formula is C11H19NO2. The lowest BCUT2D eigenvalue weighted by molar-refractivity contribution is -0.150. The average Bonchev–Trinajstić information content (AvgIpc) is 2.27. The van der Waals surface area contributed by atoms with Crippen LogP contribution in [0.3, 0.4) is 0 Å². The molecule has 0 aromatic heterocycles. The van der Waals surface area contributed by atoms with Crippen molar-refractivity contribution in [3.05, 3.63) is 0 Å². The Bertz CT molecular complexity index is 215. The lowest BCUT2D eigenvalue weighted by Crippen LogP contribution is -2.50. The van der Waals surface area contributed by atoms with Gasteiger partial charge in [0.1, 0.15) is 0 Å². The summed E-state index contributed by atoms with van der Waals surface area (Å²) in [6.07, 6.45) is 5.92. The molecule has 80 valence electrons. The molecule has 0 aromatic carbocycles. The number of hydrogen-bond donors (Lipinski definition) is 0. The Balaban J connectivity index is 2.04. The third-order valence-electron chi connectivity index (χ3n) is 3.59. The van der Waals surface area contributed by atoms with Crippen LogP contribution in [0.5, 0.6) is 0 Å². The molecule has 0 amide bonds. The smallest absolute Gasteiger partial charge is 0.310 e. The van der Waals surface area contributed by atoms with Crippen molar-refractivity contribution < 1.29 is 9.53 Å². The van der Waals surface area contributed by atoms with Gasteiger partial charge in [0.15, 0.2) is 0 Å². The third kappa shape index (κ3) is 1.78. The highest BCUT2D eigenvalue weighted by Crippen LogP contribution is 2.31. The molecule has 0 saturated carbocycles. The van der Waals surface area contributed by atoms with E-state index in [0.717, 1.165) is 12.8 Å². The minimum absolute atomic E-state index is 0.00148. The van der Waals surface area contributed by atoms with Gasteiger partial charge in [-0.25, -0.2) is 0 Å². The fourth-order valence-electron chi connectivity index (χ4n) is 2.88. The number of carbonyl (C=O) groups is 1. The summed E-state index contributed by atoms with van der Waals surface area (Å²) < 4.78 is 4.87. The van der Waals surface area contributed by atoms with E-state index < -0.39 is 0 Å². The van der Waals surface area contributed by atoms with E-state index in [1.54, 1.807) is 0 Å². The van der Waals surface area contributed by atoms with E-state index in [9.17, 15) is 4.79 Å². The fraction of sp³-hybridized carbons (Fsp3) is 0.909. The predicted octanol–water partition coefficient (Wildman–Crippen LogP) is 1.42. The van der Waals surface area contributed by atoms with Crippen molar-refractivity contribution in [2.75, 3.05) is 20.2 Å². The number of carbonyl (C=O) groups excluding carboxylic acids is 1. The summed E-state index contributed by atoms with van der Waals surface area (Å²) in [6, 6.07) is 0.477. The zero-order valence-corrected chi connectivity index (χ0v) is 8.87. The Morgan fingerprint density at radius 1 is 1.21 bits per heavy atom. The zero-order valence-electron chi connectivity index (χ0n) is 8.87. The van der Waals surface area contributed by atoms with Crippen molar-refractivity contribution >= 4 is 5.97 Å². The van der Waals surface area contributed by atoms with Crippen LogP contribution in [0.15, 0.2) is 0 Å². The van der Waals surface area contributed by atoms with Crippen LogP contribution in [-0.4, -0.2) is 37.1 Å². The summed E-state index contributed by atoms with van der Waals surface area (Å²) in [5.41, 5.74) is 0. The molecule has 3 nitrogen and oxygen atoms in total. The predicted molar refractivity (Wildman–Crippen MR) is 54.0 cm³/mol. The number of rotatable bonds is 1. The van der Waals surface area contributed by atoms with E-state index in [4.69, 9.17) is 4.74 Å².